The zero-order valence-electron chi connectivity index (χ0n) is 16.1. The van der Waals surface area contributed by atoms with Gasteiger partial charge < -0.3 is 19.4 Å². The molecule has 0 saturated heterocycles. The largest absolute Gasteiger partial charge is 0.493 e. The Morgan fingerprint density at radius 3 is 2.41 bits per heavy atom. The summed E-state index contributed by atoms with van der Waals surface area (Å²) >= 11 is 0. The lowest BCUT2D eigenvalue weighted by Gasteiger charge is -2.20. The van der Waals surface area contributed by atoms with Crippen molar-refractivity contribution < 1.29 is 23.0 Å². The van der Waals surface area contributed by atoms with E-state index in [1.165, 1.54) is 31.3 Å². The Balaban J connectivity index is 1.95. The second kappa shape index (κ2) is 8.26. The van der Waals surface area contributed by atoms with Gasteiger partial charge in [-0.05, 0) is 31.2 Å². The highest BCUT2D eigenvalue weighted by atomic mass is 19.2. The number of hydrogen-bond acceptors (Lipinski definition) is 5. The molecule has 2 aromatic carbocycles. The van der Waals surface area contributed by atoms with Gasteiger partial charge >= 0.3 is 0 Å². The highest BCUT2D eigenvalue weighted by Crippen LogP contribution is 2.30. The minimum atomic E-state index is -1.11. The monoisotopic (exact) mass is 403 g/mol. The first kappa shape index (κ1) is 20.2. The van der Waals surface area contributed by atoms with Gasteiger partial charge in [0.2, 0.25) is 0 Å². The molecule has 152 valence electrons. The second-order valence-electron chi connectivity index (χ2n) is 6.19. The normalized spacial score (nSPS) is 10.8. The molecule has 0 bridgehead atoms. The van der Waals surface area contributed by atoms with Crippen LogP contribution in [0, 0.1) is 11.6 Å². The molecule has 0 atom stereocenters. The topological polar surface area (TPSA) is 84.5 Å². The molecule has 0 unspecified atom stereocenters. The molecular formula is C20H19F2N3O4. The number of halogens is 2. The maximum atomic E-state index is 13.5. The number of nitrogens with one attached hydrogen (secondary N) is 1. The first-order valence-electron chi connectivity index (χ1n) is 8.77. The number of hydrogen-bond donors (Lipinski definition) is 1. The quantitative estimate of drug-likeness (QED) is 0.684. The molecule has 0 fully saturated rings. The Kier molecular flexibility index (Phi) is 5.76. The van der Waals surface area contributed by atoms with Crippen LogP contribution >= 0.6 is 0 Å². The molecule has 7 nitrogen and oxygen atoms in total. The average molecular weight is 403 g/mol. The Labute approximate surface area is 164 Å². The molecule has 0 aliphatic carbocycles. The number of ether oxygens (including phenoxy) is 2. The van der Waals surface area contributed by atoms with Gasteiger partial charge in [0.25, 0.3) is 11.5 Å². The molecule has 3 aromatic rings. The molecule has 0 aliphatic heterocycles. The standard InChI is InChI=1S/C20H19F2N3O4/c1-4-25(20(27)11-5-6-13(21)14(22)7-11)10-18-23-15-9-17(29-3)16(28-2)8-12(15)19(26)24-18/h5-9H,4,10H2,1-3H3,(H,23,24,26). The van der Waals surface area contributed by atoms with Crippen molar-refractivity contribution in [2.24, 2.45) is 0 Å². The van der Waals surface area contributed by atoms with E-state index >= 15 is 0 Å². The van der Waals surface area contributed by atoms with E-state index in [0.717, 1.165) is 12.1 Å². The van der Waals surface area contributed by atoms with Gasteiger partial charge in [0.1, 0.15) is 5.82 Å². The molecule has 29 heavy (non-hydrogen) atoms. The van der Waals surface area contributed by atoms with Gasteiger partial charge in [0.05, 0.1) is 31.7 Å². The number of rotatable bonds is 6. The van der Waals surface area contributed by atoms with Crippen LogP contribution in [0.1, 0.15) is 23.1 Å². The highest BCUT2D eigenvalue weighted by molar-refractivity contribution is 5.94. The number of carbonyl (C=O) groups is 1. The molecular weight excluding hydrogens is 384 g/mol. The SMILES string of the molecule is CCN(Cc1nc2cc(OC)c(OC)cc2c(=O)[nH]1)C(=O)c1ccc(F)c(F)c1. The van der Waals surface area contributed by atoms with Crippen LogP contribution in [0.15, 0.2) is 35.1 Å². The average Bonchev–Trinajstić information content (AvgIpc) is 2.72. The minimum Gasteiger partial charge on any atom is -0.493 e. The van der Waals surface area contributed by atoms with Crippen LogP contribution in [-0.2, 0) is 6.54 Å². The number of methoxy groups -OCH3 is 2. The van der Waals surface area contributed by atoms with E-state index in [2.05, 4.69) is 9.97 Å². The van der Waals surface area contributed by atoms with E-state index in [-0.39, 0.29) is 24.5 Å². The number of nitrogens with zero attached hydrogens (tertiary/aromatic N) is 2. The summed E-state index contributed by atoms with van der Waals surface area (Å²) in [5.41, 5.74) is -0.0275. The van der Waals surface area contributed by atoms with Crippen molar-refractivity contribution in [2.45, 2.75) is 13.5 Å². The van der Waals surface area contributed by atoms with E-state index in [0.29, 0.717) is 22.4 Å². The lowest BCUT2D eigenvalue weighted by molar-refractivity contribution is 0.0748. The number of benzene rings is 2. The van der Waals surface area contributed by atoms with Crippen LogP contribution in [-0.4, -0.2) is 41.5 Å². The van der Waals surface area contributed by atoms with Gasteiger partial charge in [-0.3, -0.25) is 9.59 Å². The molecule has 0 radical (unpaired) electrons. The van der Waals surface area contributed by atoms with Crippen molar-refractivity contribution in [2.75, 3.05) is 20.8 Å². The van der Waals surface area contributed by atoms with Crippen LogP contribution in [0.3, 0.4) is 0 Å². The smallest absolute Gasteiger partial charge is 0.258 e. The Morgan fingerprint density at radius 2 is 1.79 bits per heavy atom. The van der Waals surface area contributed by atoms with Crippen LogP contribution < -0.4 is 15.0 Å². The van der Waals surface area contributed by atoms with Crippen molar-refractivity contribution in [1.82, 2.24) is 14.9 Å². The zero-order valence-corrected chi connectivity index (χ0v) is 16.1. The van der Waals surface area contributed by atoms with E-state index in [1.54, 1.807) is 13.0 Å². The zero-order chi connectivity index (χ0) is 21.1. The lowest BCUT2D eigenvalue weighted by atomic mass is 10.2. The summed E-state index contributed by atoms with van der Waals surface area (Å²) in [6.07, 6.45) is 0. The van der Waals surface area contributed by atoms with Gasteiger partial charge in [-0.2, -0.15) is 0 Å². The van der Waals surface area contributed by atoms with Crippen molar-refractivity contribution in [3.8, 4) is 11.5 Å². The van der Waals surface area contributed by atoms with Gasteiger partial charge in [-0.15, -0.1) is 0 Å². The van der Waals surface area contributed by atoms with Gasteiger partial charge in [-0.1, -0.05) is 0 Å². The summed E-state index contributed by atoms with van der Waals surface area (Å²) in [5, 5.41) is 0.307. The van der Waals surface area contributed by atoms with Crippen molar-refractivity contribution >= 4 is 16.8 Å². The number of aromatic nitrogens is 2. The molecule has 1 amide bonds. The molecule has 1 N–H and O–H groups in total. The van der Waals surface area contributed by atoms with Gasteiger partial charge in [-0.25, -0.2) is 13.8 Å². The van der Waals surface area contributed by atoms with E-state index in [4.69, 9.17) is 9.47 Å². The fourth-order valence-electron chi connectivity index (χ4n) is 2.91. The maximum Gasteiger partial charge on any atom is 0.258 e. The summed E-state index contributed by atoms with van der Waals surface area (Å²) in [4.78, 5) is 33.5. The summed E-state index contributed by atoms with van der Waals surface area (Å²) in [6.45, 7) is 1.98. The number of aromatic amines is 1. The molecule has 0 spiro atoms. The predicted octanol–water partition coefficient (Wildman–Crippen LogP) is 2.88. The lowest BCUT2D eigenvalue weighted by Crippen LogP contribution is -2.32. The number of fused-ring (bicyclic) bond motifs is 1. The van der Waals surface area contributed by atoms with Crippen molar-refractivity contribution in [3.05, 3.63) is 63.7 Å². The fraction of sp³-hybridized carbons (Fsp3) is 0.250. The number of H-pyrrole nitrogens is 1. The fourth-order valence-corrected chi connectivity index (χ4v) is 2.91. The summed E-state index contributed by atoms with van der Waals surface area (Å²) < 4.78 is 37.0. The summed E-state index contributed by atoms with van der Waals surface area (Å²) in [7, 11) is 2.93. The Bertz CT molecular complexity index is 1130. The molecule has 0 aliphatic rings. The van der Waals surface area contributed by atoms with E-state index in [1.807, 2.05) is 0 Å². The summed E-state index contributed by atoms with van der Waals surface area (Å²) in [6, 6.07) is 6.03. The van der Waals surface area contributed by atoms with Crippen LogP contribution in [0.2, 0.25) is 0 Å². The summed E-state index contributed by atoms with van der Waals surface area (Å²) in [5.74, 6) is -1.60. The van der Waals surface area contributed by atoms with E-state index in [9.17, 15) is 18.4 Å². The molecule has 0 saturated carbocycles. The number of amides is 1. The van der Waals surface area contributed by atoms with E-state index < -0.39 is 23.1 Å². The number of carbonyl (C=O) groups excluding carboxylic acids is 1. The van der Waals surface area contributed by atoms with Crippen LogP contribution in [0.5, 0.6) is 11.5 Å². The predicted molar refractivity (Wildman–Crippen MR) is 102 cm³/mol. The second-order valence-corrected chi connectivity index (χ2v) is 6.19. The van der Waals surface area contributed by atoms with Crippen molar-refractivity contribution in [1.29, 1.82) is 0 Å². The molecule has 3 rings (SSSR count). The molecule has 1 heterocycles. The third kappa shape index (κ3) is 4.03. The molecule has 9 heteroatoms. The first-order valence-corrected chi connectivity index (χ1v) is 8.77. The van der Waals surface area contributed by atoms with Crippen molar-refractivity contribution in [3.63, 3.8) is 0 Å². The molecule has 1 aromatic heterocycles. The van der Waals surface area contributed by atoms with Gasteiger partial charge in [0, 0.05) is 18.2 Å². The Morgan fingerprint density at radius 1 is 1.10 bits per heavy atom. The third-order valence-corrected chi connectivity index (χ3v) is 4.44. The maximum absolute atomic E-state index is 13.5. The van der Waals surface area contributed by atoms with Crippen LogP contribution in [0.25, 0.3) is 10.9 Å². The van der Waals surface area contributed by atoms with Crippen LogP contribution in [0.4, 0.5) is 8.78 Å². The first-order chi connectivity index (χ1) is 13.9. The highest BCUT2D eigenvalue weighted by Gasteiger charge is 2.18. The van der Waals surface area contributed by atoms with Gasteiger partial charge in [0.15, 0.2) is 23.1 Å². The Hall–Kier alpha value is -3.49. The third-order valence-electron chi connectivity index (χ3n) is 4.44. The minimum absolute atomic E-state index is 0.000270.